The average Bonchev–Trinajstić information content (AvgIpc) is 2.90. The third kappa shape index (κ3) is 2.46. The Morgan fingerprint density at radius 3 is 2.85 bits per heavy atom. The molecule has 0 radical (unpaired) electrons. The van der Waals surface area contributed by atoms with Gasteiger partial charge in [0.25, 0.3) is 5.91 Å². The van der Waals surface area contributed by atoms with Crippen LogP contribution >= 0.6 is 15.9 Å². The number of carbonyl (C=O) groups excluding carboxylic acids is 1. The van der Waals surface area contributed by atoms with E-state index in [1.807, 2.05) is 29.3 Å². The van der Waals surface area contributed by atoms with Crippen molar-refractivity contribution in [2.24, 2.45) is 5.92 Å². The van der Waals surface area contributed by atoms with E-state index in [0.29, 0.717) is 16.3 Å². The molecule has 1 aliphatic rings. The quantitative estimate of drug-likeness (QED) is 0.791. The van der Waals surface area contributed by atoms with Crippen LogP contribution in [-0.4, -0.2) is 38.3 Å². The number of amides is 1. The SMILES string of the molecule is CC(Br)C1CCN(C(=O)c2cnn3ccccc23)CC1. The Labute approximate surface area is 126 Å². The van der Waals surface area contributed by atoms with Gasteiger partial charge >= 0.3 is 0 Å². The predicted molar refractivity (Wildman–Crippen MR) is 82.2 cm³/mol. The molecule has 1 amide bonds. The van der Waals surface area contributed by atoms with Crippen LogP contribution in [0.25, 0.3) is 5.52 Å². The van der Waals surface area contributed by atoms with Gasteiger partial charge in [0.1, 0.15) is 0 Å². The second kappa shape index (κ2) is 5.56. The van der Waals surface area contributed by atoms with Gasteiger partial charge < -0.3 is 4.90 Å². The Morgan fingerprint density at radius 1 is 1.40 bits per heavy atom. The van der Waals surface area contributed by atoms with E-state index in [2.05, 4.69) is 28.0 Å². The Kier molecular flexibility index (Phi) is 3.78. The molecule has 1 atom stereocenters. The van der Waals surface area contributed by atoms with Gasteiger partial charge in [-0.1, -0.05) is 28.9 Å². The molecule has 20 heavy (non-hydrogen) atoms. The van der Waals surface area contributed by atoms with Crippen LogP contribution < -0.4 is 0 Å². The van der Waals surface area contributed by atoms with Crippen LogP contribution in [0.15, 0.2) is 30.6 Å². The van der Waals surface area contributed by atoms with Gasteiger partial charge in [-0.3, -0.25) is 4.79 Å². The molecule has 5 heteroatoms. The first-order valence-corrected chi connectivity index (χ1v) is 7.94. The van der Waals surface area contributed by atoms with Crippen LogP contribution in [0.1, 0.15) is 30.1 Å². The number of aromatic nitrogens is 2. The van der Waals surface area contributed by atoms with Gasteiger partial charge in [-0.2, -0.15) is 5.10 Å². The minimum Gasteiger partial charge on any atom is -0.339 e. The highest BCUT2D eigenvalue weighted by Crippen LogP contribution is 2.26. The van der Waals surface area contributed by atoms with Crippen molar-refractivity contribution in [2.75, 3.05) is 13.1 Å². The largest absolute Gasteiger partial charge is 0.339 e. The smallest absolute Gasteiger partial charge is 0.257 e. The molecular formula is C15H18BrN3O. The molecule has 0 aromatic carbocycles. The lowest BCUT2D eigenvalue weighted by atomic mass is 9.94. The van der Waals surface area contributed by atoms with Gasteiger partial charge in [0, 0.05) is 24.1 Å². The summed E-state index contributed by atoms with van der Waals surface area (Å²) in [5.41, 5.74) is 1.59. The summed E-state index contributed by atoms with van der Waals surface area (Å²) in [6.07, 6.45) is 5.68. The van der Waals surface area contributed by atoms with Gasteiger partial charge in [-0.15, -0.1) is 0 Å². The second-order valence-corrected chi connectivity index (χ2v) is 6.84. The molecule has 3 heterocycles. The number of pyridine rings is 1. The van der Waals surface area contributed by atoms with Crippen molar-refractivity contribution in [3.63, 3.8) is 0 Å². The summed E-state index contributed by atoms with van der Waals surface area (Å²) in [6, 6.07) is 5.79. The van der Waals surface area contributed by atoms with Crippen molar-refractivity contribution in [3.05, 3.63) is 36.2 Å². The van der Waals surface area contributed by atoms with E-state index >= 15 is 0 Å². The first kappa shape index (κ1) is 13.6. The maximum Gasteiger partial charge on any atom is 0.257 e. The second-order valence-electron chi connectivity index (χ2n) is 5.40. The number of hydrogen-bond donors (Lipinski definition) is 0. The number of nitrogens with zero attached hydrogens (tertiary/aromatic N) is 3. The van der Waals surface area contributed by atoms with Crippen LogP contribution in [-0.2, 0) is 0 Å². The average molecular weight is 336 g/mol. The fraction of sp³-hybridized carbons (Fsp3) is 0.467. The maximum atomic E-state index is 12.6. The number of halogens is 1. The molecule has 0 saturated carbocycles. The topological polar surface area (TPSA) is 37.6 Å². The standard InChI is InChI=1S/C15H18BrN3O/c1-11(16)12-5-8-18(9-6-12)15(20)13-10-17-19-7-3-2-4-14(13)19/h2-4,7,10-12H,5-6,8-9H2,1H3. The molecular weight excluding hydrogens is 318 g/mol. The highest BCUT2D eigenvalue weighted by Gasteiger charge is 2.27. The summed E-state index contributed by atoms with van der Waals surface area (Å²) in [5.74, 6) is 0.773. The van der Waals surface area contributed by atoms with Crippen LogP contribution in [0.3, 0.4) is 0 Å². The summed E-state index contributed by atoms with van der Waals surface area (Å²) in [6.45, 7) is 3.86. The van der Waals surface area contributed by atoms with Crippen LogP contribution in [0, 0.1) is 5.92 Å². The van der Waals surface area contributed by atoms with Gasteiger partial charge in [-0.05, 0) is 30.9 Å². The Bertz CT molecular complexity index is 614. The van der Waals surface area contributed by atoms with Gasteiger partial charge in [-0.25, -0.2) is 4.52 Å². The first-order chi connectivity index (χ1) is 9.66. The van der Waals surface area contributed by atoms with Crippen molar-refractivity contribution in [1.82, 2.24) is 14.5 Å². The van der Waals surface area contributed by atoms with Gasteiger partial charge in [0.05, 0.1) is 17.3 Å². The molecule has 4 nitrogen and oxygen atoms in total. The molecule has 1 unspecified atom stereocenters. The normalized spacial score (nSPS) is 18.4. The molecule has 2 aromatic heterocycles. The van der Waals surface area contributed by atoms with E-state index in [0.717, 1.165) is 31.4 Å². The van der Waals surface area contributed by atoms with E-state index < -0.39 is 0 Å². The monoisotopic (exact) mass is 335 g/mol. The fourth-order valence-corrected chi connectivity index (χ4v) is 3.36. The first-order valence-electron chi connectivity index (χ1n) is 7.02. The van der Waals surface area contributed by atoms with Crippen LogP contribution in [0.2, 0.25) is 0 Å². The zero-order chi connectivity index (χ0) is 14.1. The van der Waals surface area contributed by atoms with Crippen molar-refractivity contribution in [2.45, 2.75) is 24.6 Å². The zero-order valence-electron chi connectivity index (χ0n) is 11.5. The Morgan fingerprint density at radius 2 is 2.15 bits per heavy atom. The highest BCUT2D eigenvalue weighted by molar-refractivity contribution is 9.09. The van der Waals surface area contributed by atoms with E-state index in [4.69, 9.17) is 0 Å². The zero-order valence-corrected chi connectivity index (χ0v) is 13.1. The van der Waals surface area contributed by atoms with Gasteiger partial charge in [0.2, 0.25) is 0 Å². The molecule has 106 valence electrons. The summed E-state index contributed by atoms with van der Waals surface area (Å²) in [4.78, 5) is 15.1. The van der Waals surface area contributed by atoms with Crippen molar-refractivity contribution in [1.29, 1.82) is 0 Å². The van der Waals surface area contributed by atoms with Crippen molar-refractivity contribution < 1.29 is 4.79 Å². The molecule has 0 spiro atoms. The molecule has 1 saturated heterocycles. The maximum absolute atomic E-state index is 12.6. The minimum atomic E-state index is 0.104. The Balaban J connectivity index is 1.77. The predicted octanol–water partition coefficient (Wildman–Crippen LogP) is 2.97. The number of likely N-dealkylation sites (tertiary alicyclic amines) is 1. The summed E-state index contributed by atoms with van der Waals surface area (Å²) in [5, 5.41) is 4.24. The number of hydrogen-bond acceptors (Lipinski definition) is 2. The number of rotatable bonds is 2. The fourth-order valence-electron chi connectivity index (χ4n) is 2.83. The van der Waals surface area contributed by atoms with E-state index in [9.17, 15) is 4.79 Å². The number of carbonyl (C=O) groups is 1. The van der Waals surface area contributed by atoms with Crippen molar-refractivity contribution in [3.8, 4) is 0 Å². The summed E-state index contributed by atoms with van der Waals surface area (Å²) >= 11 is 3.65. The Hall–Kier alpha value is -1.36. The molecule has 1 fully saturated rings. The number of piperidine rings is 1. The third-order valence-corrected chi connectivity index (χ3v) is 4.88. The molecule has 0 N–H and O–H groups in total. The third-order valence-electron chi connectivity index (χ3n) is 4.13. The minimum absolute atomic E-state index is 0.104. The number of fused-ring (bicyclic) bond motifs is 1. The summed E-state index contributed by atoms with van der Waals surface area (Å²) in [7, 11) is 0. The number of alkyl halides is 1. The lowest BCUT2D eigenvalue weighted by Gasteiger charge is -2.33. The van der Waals surface area contributed by atoms with Crippen LogP contribution in [0.5, 0.6) is 0 Å². The van der Waals surface area contributed by atoms with Gasteiger partial charge in [0.15, 0.2) is 0 Å². The molecule has 2 aromatic rings. The van der Waals surface area contributed by atoms with Crippen LogP contribution in [0.4, 0.5) is 0 Å². The van der Waals surface area contributed by atoms with E-state index in [1.54, 1.807) is 10.7 Å². The highest BCUT2D eigenvalue weighted by atomic mass is 79.9. The lowest BCUT2D eigenvalue weighted by molar-refractivity contribution is 0.0693. The summed E-state index contributed by atoms with van der Waals surface area (Å²) < 4.78 is 1.75. The molecule has 0 bridgehead atoms. The van der Waals surface area contributed by atoms with Crippen molar-refractivity contribution >= 4 is 27.4 Å². The molecule has 3 rings (SSSR count). The van der Waals surface area contributed by atoms with E-state index in [1.165, 1.54) is 0 Å². The molecule has 1 aliphatic heterocycles. The lowest BCUT2D eigenvalue weighted by Crippen LogP contribution is -2.39. The van der Waals surface area contributed by atoms with E-state index in [-0.39, 0.29) is 5.91 Å². The molecule has 0 aliphatic carbocycles.